The summed E-state index contributed by atoms with van der Waals surface area (Å²) >= 11 is 12.6. The van der Waals surface area contributed by atoms with E-state index in [1.165, 1.54) is 0 Å². The molecule has 1 N–H and O–H groups in total. The maximum atomic E-state index is 10.3. The van der Waals surface area contributed by atoms with Gasteiger partial charge in [-0.1, -0.05) is 53.5 Å². The molecule has 0 saturated heterocycles. The van der Waals surface area contributed by atoms with E-state index >= 15 is 0 Å². The first-order valence-corrected chi connectivity index (χ1v) is 7.75. The lowest BCUT2D eigenvalue weighted by molar-refractivity contribution is 0.153. The summed E-state index contributed by atoms with van der Waals surface area (Å²) in [6, 6.07) is 13.3. The Labute approximate surface area is 134 Å². The van der Waals surface area contributed by atoms with Crippen molar-refractivity contribution in [2.45, 2.75) is 25.6 Å². The second kappa shape index (κ2) is 6.27. The van der Waals surface area contributed by atoms with Gasteiger partial charge >= 0.3 is 0 Å². The predicted octanol–water partition coefficient (Wildman–Crippen LogP) is 5.02. The largest absolute Gasteiger partial charge is 0.487 e. The third kappa shape index (κ3) is 3.34. The van der Waals surface area contributed by atoms with E-state index in [1.807, 2.05) is 30.3 Å². The molecule has 1 saturated carbocycles. The minimum atomic E-state index is -0.606. The molecule has 2 nitrogen and oxygen atoms in total. The molecule has 1 fully saturated rings. The quantitative estimate of drug-likeness (QED) is 0.837. The number of hydrogen-bond acceptors (Lipinski definition) is 2. The monoisotopic (exact) mass is 322 g/mol. The standard InChI is InChI=1S/C17H16Cl2O2/c18-13-8-9-14(21-10-11-4-2-1-3-5-11)16(19)15(13)17(20)12-6-7-12/h1-5,8-9,12,17,20H,6-7,10H2. The summed E-state index contributed by atoms with van der Waals surface area (Å²) in [4.78, 5) is 0. The van der Waals surface area contributed by atoms with Crippen LogP contribution < -0.4 is 4.74 Å². The number of halogens is 2. The van der Waals surface area contributed by atoms with E-state index in [1.54, 1.807) is 12.1 Å². The Hall–Kier alpha value is -1.22. The van der Waals surface area contributed by atoms with E-state index in [0.29, 0.717) is 28.0 Å². The average molecular weight is 323 g/mol. The molecule has 0 bridgehead atoms. The average Bonchev–Trinajstić information content (AvgIpc) is 3.32. The molecule has 0 aromatic heterocycles. The van der Waals surface area contributed by atoms with Gasteiger partial charge in [0, 0.05) is 10.6 Å². The van der Waals surface area contributed by atoms with Gasteiger partial charge < -0.3 is 9.84 Å². The van der Waals surface area contributed by atoms with E-state index in [0.717, 1.165) is 18.4 Å². The SMILES string of the molecule is OC(c1c(Cl)ccc(OCc2ccccc2)c1Cl)C1CC1. The molecule has 2 aromatic carbocycles. The van der Waals surface area contributed by atoms with Crippen LogP contribution in [0.5, 0.6) is 5.75 Å². The van der Waals surface area contributed by atoms with Crippen LogP contribution in [0, 0.1) is 5.92 Å². The molecule has 1 aliphatic rings. The summed E-state index contributed by atoms with van der Waals surface area (Å²) in [5.41, 5.74) is 1.65. The minimum absolute atomic E-state index is 0.268. The van der Waals surface area contributed by atoms with Gasteiger partial charge in [0.2, 0.25) is 0 Å². The summed E-state index contributed by atoms with van der Waals surface area (Å²) in [5.74, 6) is 0.823. The molecular weight excluding hydrogens is 307 g/mol. The van der Waals surface area contributed by atoms with Crippen LogP contribution in [0.15, 0.2) is 42.5 Å². The highest BCUT2D eigenvalue weighted by Crippen LogP contribution is 2.47. The fourth-order valence-corrected chi connectivity index (χ4v) is 2.96. The van der Waals surface area contributed by atoms with Crippen molar-refractivity contribution in [1.29, 1.82) is 0 Å². The van der Waals surface area contributed by atoms with Gasteiger partial charge in [-0.2, -0.15) is 0 Å². The van der Waals surface area contributed by atoms with E-state index in [4.69, 9.17) is 27.9 Å². The van der Waals surface area contributed by atoms with Crippen molar-refractivity contribution in [3.05, 3.63) is 63.6 Å². The first-order chi connectivity index (χ1) is 10.2. The summed E-state index contributed by atoms with van der Waals surface area (Å²) in [7, 11) is 0. The second-order valence-corrected chi connectivity index (χ2v) is 6.11. The Kier molecular flexibility index (Phi) is 4.39. The first-order valence-electron chi connectivity index (χ1n) is 6.99. The Morgan fingerprint density at radius 2 is 1.81 bits per heavy atom. The molecule has 2 aromatic rings. The third-order valence-electron chi connectivity index (χ3n) is 3.69. The molecule has 4 heteroatoms. The highest BCUT2D eigenvalue weighted by molar-refractivity contribution is 6.37. The predicted molar refractivity (Wildman–Crippen MR) is 84.9 cm³/mol. The van der Waals surface area contributed by atoms with Gasteiger partial charge in [0.25, 0.3) is 0 Å². The Morgan fingerprint density at radius 3 is 2.48 bits per heavy atom. The molecule has 1 unspecified atom stereocenters. The molecular formula is C17H16Cl2O2. The van der Waals surface area contributed by atoms with Crippen LogP contribution in [0.3, 0.4) is 0 Å². The number of aliphatic hydroxyl groups excluding tert-OH is 1. The number of benzene rings is 2. The van der Waals surface area contributed by atoms with Crippen LogP contribution in [0.1, 0.15) is 30.1 Å². The van der Waals surface area contributed by atoms with Crippen LogP contribution in [0.4, 0.5) is 0 Å². The maximum Gasteiger partial charge on any atom is 0.138 e. The van der Waals surface area contributed by atoms with Crippen molar-refractivity contribution in [3.8, 4) is 5.75 Å². The third-order valence-corrected chi connectivity index (χ3v) is 4.41. The summed E-state index contributed by atoms with van der Waals surface area (Å²) in [5, 5.41) is 11.2. The van der Waals surface area contributed by atoms with Gasteiger partial charge in [-0.05, 0) is 36.5 Å². The number of rotatable bonds is 5. The van der Waals surface area contributed by atoms with Gasteiger partial charge in [-0.25, -0.2) is 0 Å². The summed E-state index contributed by atoms with van der Waals surface area (Å²) in [6.45, 7) is 0.432. The molecule has 1 aliphatic carbocycles. The van der Waals surface area contributed by atoms with Gasteiger partial charge in [0.05, 0.1) is 11.1 Å². The van der Waals surface area contributed by atoms with Crippen molar-refractivity contribution in [1.82, 2.24) is 0 Å². The fourth-order valence-electron chi connectivity index (χ4n) is 2.31. The second-order valence-electron chi connectivity index (χ2n) is 5.33. The van der Waals surface area contributed by atoms with Crippen LogP contribution in [-0.2, 0) is 6.61 Å². The topological polar surface area (TPSA) is 29.5 Å². The lowest BCUT2D eigenvalue weighted by Crippen LogP contribution is -2.04. The first kappa shape index (κ1) is 14.7. The Balaban J connectivity index is 1.81. The Morgan fingerprint density at radius 1 is 1.10 bits per heavy atom. The van der Waals surface area contributed by atoms with E-state index in [9.17, 15) is 5.11 Å². The summed E-state index contributed by atoms with van der Waals surface area (Å²) < 4.78 is 5.77. The molecule has 0 aliphatic heterocycles. The van der Waals surface area contributed by atoms with Crippen LogP contribution in [-0.4, -0.2) is 5.11 Å². The van der Waals surface area contributed by atoms with Gasteiger partial charge in [-0.3, -0.25) is 0 Å². The van der Waals surface area contributed by atoms with E-state index in [2.05, 4.69) is 0 Å². The van der Waals surface area contributed by atoms with Crippen molar-refractivity contribution >= 4 is 23.2 Å². The van der Waals surface area contributed by atoms with Gasteiger partial charge in [0.1, 0.15) is 12.4 Å². The molecule has 3 rings (SSSR count). The molecule has 0 heterocycles. The lowest BCUT2D eigenvalue weighted by Gasteiger charge is -2.17. The molecule has 0 amide bonds. The molecule has 21 heavy (non-hydrogen) atoms. The normalized spacial score (nSPS) is 15.8. The zero-order chi connectivity index (χ0) is 14.8. The molecule has 0 radical (unpaired) electrons. The zero-order valence-electron chi connectivity index (χ0n) is 11.4. The number of aliphatic hydroxyl groups is 1. The Bertz CT molecular complexity index is 624. The highest BCUT2D eigenvalue weighted by atomic mass is 35.5. The number of hydrogen-bond donors (Lipinski definition) is 1. The molecule has 110 valence electrons. The minimum Gasteiger partial charge on any atom is -0.487 e. The fraction of sp³-hybridized carbons (Fsp3) is 0.294. The summed E-state index contributed by atoms with van der Waals surface area (Å²) in [6.07, 6.45) is 1.43. The van der Waals surface area contributed by atoms with E-state index < -0.39 is 6.10 Å². The van der Waals surface area contributed by atoms with Crippen molar-refractivity contribution in [2.24, 2.45) is 5.92 Å². The van der Waals surface area contributed by atoms with E-state index in [-0.39, 0.29) is 5.92 Å². The van der Waals surface area contributed by atoms with Gasteiger partial charge in [-0.15, -0.1) is 0 Å². The van der Waals surface area contributed by atoms with Crippen molar-refractivity contribution < 1.29 is 9.84 Å². The molecule has 0 spiro atoms. The molecule has 1 atom stereocenters. The zero-order valence-corrected chi connectivity index (χ0v) is 12.9. The highest BCUT2D eigenvalue weighted by Gasteiger charge is 2.34. The van der Waals surface area contributed by atoms with Crippen LogP contribution in [0.25, 0.3) is 0 Å². The maximum absolute atomic E-state index is 10.3. The van der Waals surface area contributed by atoms with Crippen molar-refractivity contribution in [3.63, 3.8) is 0 Å². The smallest absolute Gasteiger partial charge is 0.138 e. The van der Waals surface area contributed by atoms with Gasteiger partial charge in [0.15, 0.2) is 0 Å². The van der Waals surface area contributed by atoms with Crippen molar-refractivity contribution in [2.75, 3.05) is 0 Å². The van der Waals surface area contributed by atoms with Crippen LogP contribution in [0.2, 0.25) is 10.0 Å². The lowest BCUT2D eigenvalue weighted by atomic mass is 10.0. The van der Waals surface area contributed by atoms with Crippen LogP contribution >= 0.6 is 23.2 Å². The number of ether oxygens (including phenoxy) is 1.